The molecule has 27 heavy (non-hydrogen) atoms. The number of hydrogen-bond donors (Lipinski definition) is 1. The Morgan fingerprint density at radius 1 is 0.926 bits per heavy atom. The number of para-hydroxylation sites is 2. The van der Waals surface area contributed by atoms with E-state index in [0.717, 1.165) is 26.5 Å². The number of rotatable bonds is 5. The van der Waals surface area contributed by atoms with Crippen LogP contribution in [0.3, 0.4) is 0 Å². The van der Waals surface area contributed by atoms with Crippen LogP contribution in [0.1, 0.15) is 17.5 Å². The van der Waals surface area contributed by atoms with Gasteiger partial charge in [-0.1, -0.05) is 60.7 Å². The summed E-state index contributed by atoms with van der Waals surface area (Å²) in [6.07, 6.45) is 0.551. The molecule has 0 bridgehead atoms. The highest BCUT2D eigenvalue weighted by Crippen LogP contribution is 2.33. The molecule has 0 saturated carbocycles. The summed E-state index contributed by atoms with van der Waals surface area (Å²) < 4.78 is 1.14. The molecule has 4 heteroatoms. The molecule has 1 N–H and O–H groups in total. The molecule has 134 valence electrons. The highest BCUT2D eigenvalue weighted by molar-refractivity contribution is 7.18. The lowest BCUT2D eigenvalue weighted by molar-refractivity contribution is -0.121. The van der Waals surface area contributed by atoms with E-state index in [9.17, 15) is 4.79 Å². The van der Waals surface area contributed by atoms with E-state index in [1.165, 1.54) is 0 Å². The number of carbonyl (C=O) groups excluding carboxylic acids is 1. The molecule has 0 radical (unpaired) electrons. The highest BCUT2D eigenvalue weighted by Gasteiger charge is 2.36. The van der Waals surface area contributed by atoms with E-state index in [-0.39, 0.29) is 5.91 Å². The molecule has 0 aliphatic heterocycles. The summed E-state index contributed by atoms with van der Waals surface area (Å²) in [6, 6.07) is 27.6. The van der Waals surface area contributed by atoms with Crippen molar-refractivity contribution in [3.05, 3.63) is 95.5 Å². The molecule has 0 spiro atoms. The predicted octanol–water partition coefficient (Wildman–Crippen LogP) is 5.44. The first-order valence-electron chi connectivity index (χ1n) is 8.92. The average molecular weight is 372 g/mol. The Hall–Kier alpha value is -2.98. The van der Waals surface area contributed by atoms with Crippen molar-refractivity contribution in [1.82, 2.24) is 4.98 Å². The smallest absolute Gasteiger partial charge is 0.235 e. The van der Waals surface area contributed by atoms with Crippen LogP contribution in [0.5, 0.6) is 0 Å². The molecule has 0 saturated heterocycles. The summed E-state index contributed by atoms with van der Waals surface area (Å²) >= 11 is 1.65. The predicted molar refractivity (Wildman–Crippen MR) is 112 cm³/mol. The van der Waals surface area contributed by atoms with Gasteiger partial charge >= 0.3 is 0 Å². The van der Waals surface area contributed by atoms with E-state index >= 15 is 0 Å². The molecule has 1 heterocycles. The summed E-state index contributed by atoms with van der Waals surface area (Å²) in [5.74, 6) is -0.0286. The van der Waals surface area contributed by atoms with Crippen molar-refractivity contribution in [2.75, 3.05) is 5.32 Å². The fourth-order valence-electron chi connectivity index (χ4n) is 3.21. The standard InChI is InChI=1S/C23H20N2OS/c1-23(17-10-4-2-5-11-17,22(26)24-18-12-6-3-7-13-18)16-21-25-19-14-8-9-15-20(19)27-21/h2-15H,16H2,1H3,(H,24,26). The number of aromatic nitrogens is 1. The zero-order valence-corrected chi connectivity index (χ0v) is 15.9. The van der Waals surface area contributed by atoms with Crippen LogP contribution in [0, 0.1) is 0 Å². The Bertz CT molecular complexity index is 1030. The summed E-state index contributed by atoms with van der Waals surface area (Å²) in [7, 11) is 0. The number of hydrogen-bond acceptors (Lipinski definition) is 3. The SMILES string of the molecule is CC(Cc1nc2ccccc2s1)(C(=O)Nc1ccccc1)c1ccccc1. The summed E-state index contributed by atoms with van der Waals surface area (Å²) in [5, 5.41) is 4.04. The first-order chi connectivity index (χ1) is 13.1. The van der Waals surface area contributed by atoms with Gasteiger partial charge < -0.3 is 5.32 Å². The molecule has 1 amide bonds. The second-order valence-corrected chi connectivity index (χ2v) is 7.89. The lowest BCUT2D eigenvalue weighted by Crippen LogP contribution is -2.39. The van der Waals surface area contributed by atoms with Crippen molar-refractivity contribution in [3.63, 3.8) is 0 Å². The van der Waals surface area contributed by atoms with E-state index in [4.69, 9.17) is 4.98 Å². The fraction of sp³-hybridized carbons (Fsp3) is 0.130. The van der Waals surface area contributed by atoms with Gasteiger partial charge in [0.2, 0.25) is 5.91 Å². The first-order valence-corrected chi connectivity index (χ1v) is 9.73. The minimum Gasteiger partial charge on any atom is -0.325 e. The monoisotopic (exact) mass is 372 g/mol. The van der Waals surface area contributed by atoms with Crippen LogP contribution in [0.2, 0.25) is 0 Å². The maximum absolute atomic E-state index is 13.3. The van der Waals surface area contributed by atoms with Crippen molar-refractivity contribution >= 4 is 33.1 Å². The van der Waals surface area contributed by atoms with Gasteiger partial charge in [-0.2, -0.15) is 0 Å². The topological polar surface area (TPSA) is 42.0 Å². The molecule has 0 aliphatic carbocycles. The van der Waals surface area contributed by atoms with Gasteiger partial charge in [0.05, 0.1) is 20.6 Å². The Balaban J connectivity index is 1.70. The lowest BCUT2D eigenvalue weighted by atomic mass is 9.78. The van der Waals surface area contributed by atoms with Crippen molar-refractivity contribution in [2.45, 2.75) is 18.8 Å². The second kappa shape index (κ2) is 7.33. The molecule has 0 aliphatic rings. The van der Waals surface area contributed by atoms with Gasteiger partial charge in [-0.15, -0.1) is 11.3 Å². The van der Waals surface area contributed by atoms with Crippen molar-refractivity contribution in [2.24, 2.45) is 0 Å². The Labute approximate surface area is 162 Å². The van der Waals surface area contributed by atoms with Crippen molar-refractivity contribution in [3.8, 4) is 0 Å². The maximum atomic E-state index is 13.3. The first kappa shape index (κ1) is 17.4. The zero-order valence-electron chi connectivity index (χ0n) is 15.1. The summed E-state index contributed by atoms with van der Waals surface area (Å²) in [5.41, 5.74) is 2.05. The third-order valence-corrected chi connectivity index (χ3v) is 5.82. The minimum atomic E-state index is -0.717. The molecule has 1 unspecified atom stereocenters. The molecule has 4 rings (SSSR count). The largest absolute Gasteiger partial charge is 0.325 e. The number of amides is 1. The van der Waals surface area contributed by atoms with Gasteiger partial charge in [-0.05, 0) is 36.8 Å². The van der Waals surface area contributed by atoms with Gasteiger partial charge in [-0.25, -0.2) is 4.98 Å². The summed E-state index contributed by atoms with van der Waals surface area (Å²) in [4.78, 5) is 18.1. The third-order valence-electron chi connectivity index (χ3n) is 4.79. The van der Waals surface area contributed by atoms with E-state index in [1.54, 1.807) is 11.3 Å². The van der Waals surface area contributed by atoms with Crippen molar-refractivity contribution in [1.29, 1.82) is 0 Å². The summed E-state index contributed by atoms with van der Waals surface area (Å²) in [6.45, 7) is 1.99. The van der Waals surface area contributed by atoms with Crippen LogP contribution in [-0.4, -0.2) is 10.9 Å². The molecule has 0 fully saturated rings. The van der Waals surface area contributed by atoms with Gasteiger partial charge in [0, 0.05) is 12.1 Å². The molecule has 4 aromatic rings. The maximum Gasteiger partial charge on any atom is 0.235 e. The molecule has 3 aromatic carbocycles. The van der Waals surface area contributed by atoms with E-state index in [1.807, 2.05) is 85.8 Å². The van der Waals surface area contributed by atoms with Gasteiger partial charge in [0.15, 0.2) is 0 Å². The average Bonchev–Trinajstić information content (AvgIpc) is 3.11. The normalized spacial score (nSPS) is 13.2. The number of nitrogens with zero attached hydrogens (tertiary/aromatic N) is 1. The van der Waals surface area contributed by atoms with E-state index in [0.29, 0.717) is 6.42 Å². The van der Waals surface area contributed by atoms with Crippen LogP contribution in [0.15, 0.2) is 84.9 Å². The molecular weight excluding hydrogens is 352 g/mol. The Morgan fingerprint density at radius 2 is 1.56 bits per heavy atom. The van der Waals surface area contributed by atoms with Crippen LogP contribution in [0.25, 0.3) is 10.2 Å². The molecular formula is C23H20N2OS. The second-order valence-electron chi connectivity index (χ2n) is 6.77. The highest BCUT2D eigenvalue weighted by atomic mass is 32.1. The van der Waals surface area contributed by atoms with Crippen LogP contribution in [-0.2, 0) is 16.6 Å². The number of thiazole rings is 1. The molecule has 3 nitrogen and oxygen atoms in total. The van der Waals surface area contributed by atoms with E-state index in [2.05, 4.69) is 11.4 Å². The number of benzene rings is 3. The van der Waals surface area contributed by atoms with E-state index < -0.39 is 5.41 Å². The lowest BCUT2D eigenvalue weighted by Gasteiger charge is -2.28. The van der Waals surface area contributed by atoms with Crippen molar-refractivity contribution < 1.29 is 4.79 Å². The van der Waals surface area contributed by atoms with Gasteiger partial charge in [0.1, 0.15) is 0 Å². The molecule has 1 aromatic heterocycles. The molecule has 1 atom stereocenters. The van der Waals surface area contributed by atoms with Crippen LogP contribution >= 0.6 is 11.3 Å². The van der Waals surface area contributed by atoms with Gasteiger partial charge in [0.25, 0.3) is 0 Å². The van der Waals surface area contributed by atoms with Crippen LogP contribution < -0.4 is 5.32 Å². The number of fused-ring (bicyclic) bond motifs is 1. The van der Waals surface area contributed by atoms with Crippen LogP contribution in [0.4, 0.5) is 5.69 Å². The third kappa shape index (κ3) is 3.62. The Morgan fingerprint density at radius 3 is 2.26 bits per heavy atom. The quantitative estimate of drug-likeness (QED) is 0.507. The number of nitrogens with one attached hydrogen (secondary N) is 1. The zero-order chi connectivity index (χ0) is 18.7. The Kier molecular flexibility index (Phi) is 4.73. The van der Waals surface area contributed by atoms with Gasteiger partial charge in [-0.3, -0.25) is 4.79 Å². The fourth-order valence-corrected chi connectivity index (χ4v) is 4.33. The number of carbonyl (C=O) groups is 1. The minimum absolute atomic E-state index is 0.0286. The number of anilines is 1.